The molecule has 1 aliphatic rings. The Morgan fingerprint density at radius 3 is 2.79 bits per heavy atom. The quantitative estimate of drug-likeness (QED) is 0.900. The Hall–Kier alpha value is -2.63. The molecule has 3 rings (SSSR count). The first-order valence-corrected chi connectivity index (χ1v) is 8.27. The minimum absolute atomic E-state index is 0.123. The van der Waals surface area contributed by atoms with Crippen molar-refractivity contribution in [3.63, 3.8) is 0 Å². The predicted molar refractivity (Wildman–Crippen MR) is 90.0 cm³/mol. The summed E-state index contributed by atoms with van der Waals surface area (Å²) < 4.78 is 0. The first-order valence-electron chi connectivity index (χ1n) is 8.27. The second-order valence-electron chi connectivity index (χ2n) is 6.15. The summed E-state index contributed by atoms with van der Waals surface area (Å²) in [7, 11) is 0. The summed E-state index contributed by atoms with van der Waals surface area (Å²) in [5, 5.41) is 9.35. The number of carbonyl (C=O) groups is 1. The van der Waals surface area contributed by atoms with E-state index in [1.807, 2.05) is 17.0 Å². The van der Waals surface area contributed by atoms with E-state index in [1.54, 1.807) is 12.1 Å². The number of carbonyl (C=O) groups excluding carboxylic acids is 1. The second kappa shape index (κ2) is 7.29. The molecule has 0 spiro atoms. The zero-order valence-electron chi connectivity index (χ0n) is 13.4. The van der Waals surface area contributed by atoms with Crippen molar-refractivity contribution in [2.75, 3.05) is 6.54 Å². The van der Waals surface area contributed by atoms with Crippen LogP contribution in [0.3, 0.4) is 0 Å². The Balaban J connectivity index is 1.68. The number of piperidine rings is 1. The van der Waals surface area contributed by atoms with Gasteiger partial charge in [0.25, 0.3) is 11.5 Å². The van der Waals surface area contributed by atoms with E-state index < -0.39 is 0 Å². The molecule has 1 aromatic carbocycles. The van der Waals surface area contributed by atoms with Gasteiger partial charge in [-0.15, -0.1) is 0 Å². The number of aromatic nitrogens is 2. The number of hydrogen-bond acceptors (Lipinski definition) is 4. The summed E-state index contributed by atoms with van der Waals surface area (Å²) in [4.78, 5) is 32.1. The Kier molecular flexibility index (Phi) is 4.93. The Labute approximate surface area is 140 Å². The molecule has 1 amide bonds. The number of rotatable bonds is 4. The maximum Gasteiger partial charge on any atom is 0.274 e. The van der Waals surface area contributed by atoms with Gasteiger partial charge in [-0.1, -0.05) is 12.1 Å². The molecular weight excluding hydrogens is 306 g/mol. The van der Waals surface area contributed by atoms with E-state index in [-0.39, 0.29) is 29.0 Å². The minimum atomic E-state index is -0.311. The maximum atomic E-state index is 12.7. The molecule has 1 atom stereocenters. The van der Waals surface area contributed by atoms with E-state index in [2.05, 4.69) is 9.97 Å². The molecule has 1 aromatic heterocycles. The van der Waals surface area contributed by atoms with Crippen molar-refractivity contribution in [3.05, 3.63) is 58.3 Å². The van der Waals surface area contributed by atoms with Crippen molar-refractivity contribution >= 4 is 5.91 Å². The van der Waals surface area contributed by atoms with E-state index in [4.69, 9.17) is 0 Å². The van der Waals surface area contributed by atoms with Gasteiger partial charge in [0.15, 0.2) is 0 Å². The normalized spacial score (nSPS) is 17.7. The highest BCUT2D eigenvalue weighted by Crippen LogP contribution is 2.23. The Bertz CT molecular complexity index is 734. The fourth-order valence-electron chi connectivity index (χ4n) is 3.17. The number of benzene rings is 1. The van der Waals surface area contributed by atoms with E-state index >= 15 is 0 Å². The zero-order chi connectivity index (χ0) is 16.9. The number of amides is 1. The van der Waals surface area contributed by atoms with Gasteiger partial charge in [0.05, 0.1) is 6.20 Å². The van der Waals surface area contributed by atoms with Crippen molar-refractivity contribution in [1.82, 2.24) is 14.9 Å². The third-order valence-corrected chi connectivity index (χ3v) is 4.48. The average molecular weight is 327 g/mol. The van der Waals surface area contributed by atoms with E-state index in [1.165, 1.54) is 6.20 Å². The maximum absolute atomic E-state index is 12.7. The van der Waals surface area contributed by atoms with Crippen molar-refractivity contribution < 1.29 is 9.90 Å². The fourth-order valence-corrected chi connectivity index (χ4v) is 3.17. The Morgan fingerprint density at radius 2 is 2.08 bits per heavy atom. The van der Waals surface area contributed by atoms with Gasteiger partial charge in [0.1, 0.15) is 11.4 Å². The standard InChI is InChI=1S/C18H21N3O3/c22-15-8-5-13(6-9-15)4-7-14-3-1-2-10-21(14)18(24)16-11-20-17(23)12-19-16/h5-6,8-9,11-12,14,22H,1-4,7,10H2,(H,20,23). The Morgan fingerprint density at radius 1 is 1.29 bits per heavy atom. The molecule has 1 aliphatic heterocycles. The van der Waals surface area contributed by atoms with Crippen LogP contribution < -0.4 is 5.56 Å². The van der Waals surface area contributed by atoms with Crippen LogP contribution in [-0.2, 0) is 6.42 Å². The van der Waals surface area contributed by atoms with Gasteiger partial charge < -0.3 is 15.0 Å². The average Bonchev–Trinajstić information content (AvgIpc) is 2.61. The molecule has 1 unspecified atom stereocenters. The van der Waals surface area contributed by atoms with Crippen molar-refractivity contribution in [1.29, 1.82) is 0 Å². The van der Waals surface area contributed by atoms with Crippen LogP contribution in [0, 0.1) is 0 Å². The van der Waals surface area contributed by atoms with Crippen LogP contribution >= 0.6 is 0 Å². The van der Waals surface area contributed by atoms with Crippen LogP contribution in [0.2, 0.25) is 0 Å². The molecule has 1 saturated heterocycles. The van der Waals surface area contributed by atoms with Crippen molar-refractivity contribution in [2.45, 2.75) is 38.1 Å². The van der Waals surface area contributed by atoms with Gasteiger partial charge in [-0.2, -0.15) is 0 Å². The predicted octanol–water partition coefficient (Wildman–Crippen LogP) is 2.10. The molecule has 126 valence electrons. The molecule has 1 fully saturated rings. The van der Waals surface area contributed by atoms with Crippen LogP contribution in [0.1, 0.15) is 41.7 Å². The molecule has 6 nitrogen and oxygen atoms in total. The summed E-state index contributed by atoms with van der Waals surface area (Å²) in [5.41, 5.74) is 1.12. The van der Waals surface area contributed by atoms with Gasteiger partial charge in [0, 0.05) is 18.8 Å². The van der Waals surface area contributed by atoms with E-state index in [0.29, 0.717) is 0 Å². The molecule has 0 aliphatic carbocycles. The summed E-state index contributed by atoms with van der Waals surface area (Å²) in [6.45, 7) is 0.722. The largest absolute Gasteiger partial charge is 0.508 e. The summed E-state index contributed by atoms with van der Waals surface area (Å²) >= 11 is 0. The van der Waals surface area contributed by atoms with Gasteiger partial charge in [-0.05, 0) is 49.8 Å². The number of aromatic amines is 1. The lowest BCUT2D eigenvalue weighted by Crippen LogP contribution is -2.44. The number of nitrogens with zero attached hydrogens (tertiary/aromatic N) is 2. The lowest BCUT2D eigenvalue weighted by atomic mass is 9.95. The highest BCUT2D eigenvalue weighted by molar-refractivity contribution is 5.92. The van der Waals surface area contributed by atoms with Crippen LogP contribution in [0.5, 0.6) is 5.75 Å². The molecule has 2 N–H and O–H groups in total. The van der Waals surface area contributed by atoms with Gasteiger partial charge in [-0.3, -0.25) is 9.59 Å². The summed E-state index contributed by atoms with van der Waals surface area (Å²) in [6, 6.07) is 7.36. The lowest BCUT2D eigenvalue weighted by Gasteiger charge is -2.35. The van der Waals surface area contributed by atoms with Crippen LogP contribution in [-0.4, -0.2) is 38.5 Å². The summed E-state index contributed by atoms with van der Waals surface area (Å²) in [6.07, 6.45) is 7.34. The molecule has 0 bridgehead atoms. The highest BCUT2D eigenvalue weighted by Gasteiger charge is 2.28. The lowest BCUT2D eigenvalue weighted by molar-refractivity contribution is 0.0595. The zero-order valence-corrected chi connectivity index (χ0v) is 13.4. The van der Waals surface area contributed by atoms with Gasteiger partial charge in [-0.25, -0.2) is 4.98 Å². The summed E-state index contributed by atoms with van der Waals surface area (Å²) in [5.74, 6) is 0.138. The second-order valence-corrected chi connectivity index (χ2v) is 6.15. The fraction of sp³-hybridized carbons (Fsp3) is 0.389. The number of aryl methyl sites for hydroxylation is 1. The van der Waals surface area contributed by atoms with Crippen LogP contribution in [0.25, 0.3) is 0 Å². The molecule has 0 radical (unpaired) electrons. The SMILES string of the molecule is O=C(c1c[nH]c(=O)cn1)N1CCCCC1CCc1ccc(O)cc1. The van der Waals surface area contributed by atoms with Crippen molar-refractivity contribution in [2.24, 2.45) is 0 Å². The molecule has 2 aromatic rings. The monoisotopic (exact) mass is 327 g/mol. The number of nitrogens with one attached hydrogen (secondary N) is 1. The van der Waals surface area contributed by atoms with E-state index in [0.717, 1.165) is 50.4 Å². The molecule has 24 heavy (non-hydrogen) atoms. The number of phenols is 1. The van der Waals surface area contributed by atoms with Crippen LogP contribution in [0.4, 0.5) is 0 Å². The smallest absolute Gasteiger partial charge is 0.274 e. The molecule has 2 heterocycles. The van der Waals surface area contributed by atoms with Crippen molar-refractivity contribution in [3.8, 4) is 5.75 Å². The van der Waals surface area contributed by atoms with Gasteiger partial charge >= 0.3 is 0 Å². The van der Waals surface area contributed by atoms with Gasteiger partial charge in [0.2, 0.25) is 0 Å². The number of H-pyrrole nitrogens is 1. The third kappa shape index (κ3) is 3.82. The molecule has 6 heteroatoms. The molecule has 0 saturated carbocycles. The van der Waals surface area contributed by atoms with E-state index in [9.17, 15) is 14.7 Å². The molecular formula is C18H21N3O3. The number of likely N-dealkylation sites (tertiary alicyclic amines) is 1. The number of aromatic hydroxyl groups is 1. The topological polar surface area (TPSA) is 86.3 Å². The van der Waals surface area contributed by atoms with Crippen LogP contribution in [0.15, 0.2) is 41.5 Å². The first-order chi connectivity index (χ1) is 11.6. The number of phenolic OH excluding ortho intramolecular Hbond substituents is 1. The third-order valence-electron chi connectivity index (χ3n) is 4.48. The minimum Gasteiger partial charge on any atom is -0.508 e. The highest BCUT2D eigenvalue weighted by atomic mass is 16.3. The number of hydrogen-bond donors (Lipinski definition) is 2. The first kappa shape index (κ1) is 16.2.